The van der Waals surface area contributed by atoms with Crippen LogP contribution in [0.2, 0.25) is 5.02 Å². The molecule has 2 aromatic heterocycles. The lowest BCUT2D eigenvalue weighted by Gasteiger charge is -2.34. The number of hydrogen-bond donors (Lipinski definition) is 1. The van der Waals surface area contributed by atoms with Gasteiger partial charge in [-0.2, -0.15) is 5.10 Å². The molecule has 3 rings (SSSR count). The van der Waals surface area contributed by atoms with E-state index in [4.69, 9.17) is 16.3 Å². The first-order valence-electron chi connectivity index (χ1n) is 7.49. The number of methoxy groups -OCH3 is 1. The number of hydrogen-bond acceptors (Lipinski definition) is 5. The second-order valence-corrected chi connectivity index (χ2v) is 5.91. The predicted molar refractivity (Wildman–Crippen MR) is 84.5 cm³/mol. The van der Waals surface area contributed by atoms with Crippen molar-refractivity contribution in [3.63, 3.8) is 0 Å². The van der Waals surface area contributed by atoms with E-state index in [9.17, 15) is 4.79 Å². The first-order valence-corrected chi connectivity index (χ1v) is 7.87. The van der Waals surface area contributed by atoms with Crippen LogP contribution in [0.25, 0.3) is 0 Å². The zero-order valence-electron chi connectivity index (χ0n) is 13.0. The lowest BCUT2D eigenvalue weighted by atomic mass is 10.0. The molecule has 1 saturated heterocycles. The Bertz CT molecular complexity index is 718. The molecule has 1 amide bonds. The van der Waals surface area contributed by atoms with Crippen LogP contribution in [0.4, 0.5) is 0 Å². The SMILES string of the molecule is COc1ncc(C(=O)N2CCCC[C@@H]2c2n[nH]c(C)n2)cc1Cl. The summed E-state index contributed by atoms with van der Waals surface area (Å²) in [5.74, 6) is 1.59. The molecule has 0 saturated carbocycles. The van der Waals surface area contributed by atoms with E-state index in [1.807, 2.05) is 6.92 Å². The van der Waals surface area contributed by atoms with Gasteiger partial charge in [-0.1, -0.05) is 11.6 Å². The molecule has 8 heteroatoms. The van der Waals surface area contributed by atoms with Crippen molar-refractivity contribution < 1.29 is 9.53 Å². The summed E-state index contributed by atoms with van der Waals surface area (Å²) in [6.45, 7) is 2.51. The van der Waals surface area contributed by atoms with Crippen LogP contribution in [-0.2, 0) is 0 Å². The van der Waals surface area contributed by atoms with Crippen molar-refractivity contribution >= 4 is 17.5 Å². The molecule has 122 valence electrons. The molecule has 0 aromatic carbocycles. The lowest BCUT2D eigenvalue weighted by molar-refractivity contribution is 0.0600. The second-order valence-electron chi connectivity index (χ2n) is 5.50. The number of aromatic nitrogens is 4. The maximum absolute atomic E-state index is 12.9. The Kier molecular flexibility index (Phi) is 4.47. The van der Waals surface area contributed by atoms with Gasteiger partial charge in [-0.05, 0) is 32.3 Å². The third kappa shape index (κ3) is 3.14. The zero-order chi connectivity index (χ0) is 16.4. The van der Waals surface area contributed by atoms with Crippen molar-refractivity contribution in [3.05, 3.63) is 34.5 Å². The number of nitrogens with one attached hydrogen (secondary N) is 1. The first kappa shape index (κ1) is 15.7. The van der Waals surface area contributed by atoms with Crippen molar-refractivity contribution in [1.82, 2.24) is 25.1 Å². The van der Waals surface area contributed by atoms with Crippen LogP contribution in [0.3, 0.4) is 0 Å². The maximum Gasteiger partial charge on any atom is 0.256 e. The molecule has 7 nitrogen and oxygen atoms in total. The topological polar surface area (TPSA) is 84.0 Å². The molecular weight excluding hydrogens is 318 g/mol. The second kappa shape index (κ2) is 6.54. The van der Waals surface area contributed by atoms with Crippen LogP contribution >= 0.6 is 11.6 Å². The number of carbonyl (C=O) groups excluding carboxylic acids is 1. The fourth-order valence-corrected chi connectivity index (χ4v) is 3.05. The smallest absolute Gasteiger partial charge is 0.256 e. The van der Waals surface area contributed by atoms with Gasteiger partial charge in [0.1, 0.15) is 10.8 Å². The lowest BCUT2D eigenvalue weighted by Crippen LogP contribution is -2.39. The van der Waals surface area contributed by atoms with Crippen LogP contribution in [0.5, 0.6) is 5.88 Å². The summed E-state index contributed by atoms with van der Waals surface area (Å²) in [4.78, 5) is 23.1. The number of aryl methyl sites for hydroxylation is 1. The molecule has 1 aliphatic heterocycles. The Labute approximate surface area is 139 Å². The average molecular weight is 336 g/mol. The number of aromatic amines is 1. The maximum atomic E-state index is 12.9. The van der Waals surface area contributed by atoms with Crippen molar-refractivity contribution in [2.24, 2.45) is 0 Å². The van der Waals surface area contributed by atoms with Gasteiger partial charge in [-0.25, -0.2) is 9.97 Å². The van der Waals surface area contributed by atoms with Crippen molar-refractivity contribution in [1.29, 1.82) is 0 Å². The largest absolute Gasteiger partial charge is 0.480 e. The van der Waals surface area contributed by atoms with Crippen LogP contribution in [0.1, 0.15) is 47.3 Å². The summed E-state index contributed by atoms with van der Waals surface area (Å²) in [7, 11) is 1.49. The normalized spacial score (nSPS) is 18.0. The van der Waals surface area contributed by atoms with E-state index in [0.29, 0.717) is 28.8 Å². The quantitative estimate of drug-likeness (QED) is 0.931. The highest BCUT2D eigenvalue weighted by Gasteiger charge is 2.31. The van der Waals surface area contributed by atoms with E-state index in [0.717, 1.165) is 25.1 Å². The molecule has 3 heterocycles. The van der Waals surface area contributed by atoms with E-state index < -0.39 is 0 Å². The van der Waals surface area contributed by atoms with E-state index in [2.05, 4.69) is 20.2 Å². The fourth-order valence-electron chi connectivity index (χ4n) is 2.81. The monoisotopic (exact) mass is 335 g/mol. The van der Waals surface area contributed by atoms with E-state index in [1.54, 1.807) is 11.0 Å². The molecule has 0 unspecified atom stereocenters. The van der Waals surface area contributed by atoms with Crippen molar-refractivity contribution in [2.45, 2.75) is 32.2 Å². The van der Waals surface area contributed by atoms with Gasteiger partial charge >= 0.3 is 0 Å². The summed E-state index contributed by atoms with van der Waals surface area (Å²) < 4.78 is 5.03. The molecule has 0 aliphatic carbocycles. The molecule has 0 spiro atoms. The standard InChI is InChI=1S/C15H18ClN5O2/c1-9-18-13(20-19-9)12-5-3-4-6-21(12)15(22)10-7-11(16)14(23-2)17-8-10/h7-8,12H,3-6H2,1-2H3,(H,18,19,20)/t12-/m1/s1. The van der Waals surface area contributed by atoms with Crippen LogP contribution in [0.15, 0.2) is 12.3 Å². The van der Waals surface area contributed by atoms with Gasteiger partial charge in [0, 0.05) is 12.7 Å². The Morgan fingerprint density at radius 3 is 2.96 bits per heavy atom. The van der Waals surface area contributed by atoms with Gasteiger partial charge in [0.2, 0.25) is 5.88 Å². The number of halogens is 1. The first-order chi connectivity index (χ1) is 11.1. The summed E-state index contributed by atoms with van der Waals surface area (Å²) in [5.41, 5.74) is 0.440. The minimum Gasteiger partial charge on any atom is -0.480 e. The highest BCUT2D eigenvalue weighted by molar-refractivity contribution is 6.32. The van der Waals surface area contributed by atoms with E-state index in [-0.39, 0.29) is 11.9 Å². The van der Waals surface area contributed by atoms with Crippen LogP contribution in [0, 0.1) is 6.92 Å². The number of ether oxygens (including phenoxy) is 1. The van der Waals surface area contributed by atoms with E-state index in [1.165, 1.54) is 13.3 Å². The molecule has 0 bridgehead atoms. The van der Waals surface area contributed by atoms with Crippen molar-refractivity contribution in [3.8, 4) is 5.88 Å². The number of H-pyrrole nitrogens is 1. The average Bonchev–Trinajstić information content (AvgIpc) is 3.00. The molecule has 1 atom stereocenters. The Morgan fingerprint density at radius 1 is 1.48 bits per heavy atom. The Hall–Kier alpha value is -2.15. The number of pyridine rings is 1. The minimum atomic E-state index is -0.123. The van der Waals surface area contributed by atoms with Gasteiger partial charge in [-0.3, -0.25) is 9.89 Å². The van der Waals surface area contributed by atoms with Crippen LogP contribution in [-0.4, -0.2) is 44.6 Å². The molecule has 0 radical (unpaired) electrons. The van der Waals surface area contributed by atoms with Gasteiger partial charge < -0.3 is 9.64 Å². The number of amides is 1. The van der Waals surface area contributed by atoms with Gasteiger partial charge in [0.05, 0.1) is 18.7 Å². The third-order valence-corrected chi connectivity index (χ3v) is 4.19. The summed E-state index contributed by atoms with van der Waals surface area (Å²) in [6.07, 6.45) is 4.34. The highest BCUT2D eigenvalue weighted by Crippen LogP contribution is 2.31. The summed E-state index contributed by atoms with van der Waals surface area (Å²) >= 11 is 6.08. The van der Waals surface area contributed by atoms with Crippen molar-refractivity contribution in [2.75, 3.05) is 13.7 Å². The van der Waals surface area contributed by atoms with Gasteiger partial charge in [-0.15, -0.1) is 0 Å². The fraction of sp³-hybridized carbons (Fsp3) is 0.467. The summed E-state index contributed by atoms with van der Waals surface area (Å²) in [6, 6.07) is 1.46. The van der Waals surface area contributed by atoms with Gasteiger partial charge in [0.15, 0.2) is 5.82 Å². The zero-order valence-corrected chi connectivity index (χ0v) is 13.8. The minimum absolute atomic E-state index is 0.116. The molecule has 1 aliphatic rings. The number of carbonyl (C=O) groups is 1. The third-order valence-electron chi connectivity index (χ3n) is 3.92. The molecule has 2 aromatic rings. The molecular formula is C15H18ClN5O2. The Morgan fingerprint density at radius 2 is 2.30 bits per heavy atom. The molecule has 1 fully saturated rings. The number of likely N-dealkylation sites (tertiary alicyclic amines) is 1. The predicted octanol–water partition coefficient (Wildman–Crippen LogP) is 2.54. The Balaban J connectivity index is 1.88. The summed E-state index contributed by atoms with van der Waals surface area (Å²) in [5, 5.41) is 7.38. The number of piperidine rings is 1. The van der Waals surface area contributed by atoms with E-state index >= 15 is 0 Å². The molecule has 23 heavy (non-hydrogen) atoms. The highest BCUT2D eigenvalue weighted by atomic mass is 35.5. The number of nitrogens with zero attached hydrogens (tertiary/aromatic N) is 4. The van der Waals surface area contributed by atoms with Crippen LogP contribution < -0.4 is 4.74 Å². The molecule has 1 N–H and O–H groups in total. The van der Waals surface area contributed by atoms with Gasteiger partial charge in [0.25, 0.3) is 5.91 Å². The number of rotatable bonds is 3.